The first-order valence-corrected chi connectivity index (χ1v) is 5.80. The van der Waals surface area contributed by atoms with Gasteiger partial charge in [0.15, 0.2) is 5.78 Å². The Balaban J connectivity index is 4.42. The lowest BCUT2D eigenvalue weighted by Gasteiger charge is -2.25. The zero-order chi connectivity index (χ0) is 12.8. The van der Waals surface area contributed by atoms with Crippen molar-refractivity contribution in [1.29, 1.82) is 0 Å². The van der Waals surface area contributed by atoms with E-state index in [0.29, 0.717) is 13.0 Å². The molecule has 16 heavy (non-hydrogen) atoms. The van der Waals surface area contributed by atoms with Gasteiger partial charge >= 0.3 is 0 Å². The first-order valence-electron chi connectivity index (χ1n) is 5.80. The molecule has 0 aliphatic heterocycles. The lowest BCUT2D eigenvalue weighted by molar-refractivity contribution is -0.132. The van der Waals surface area contributed by atoms with Crippen molar-refractivity contribution >= 4 is 11.7 Å². The zero-order valence-corrected chi connectivity index (χ0v) is 10.8. The number of Topliss-reactive ketones (excluding diaryl/α,β-unsaturated/α-hetero) is 1. The largest absolute Gasteiger partial charge is 0.347 e. The Kier molecular flexibility index (Phi) is 6.26. The Morgan fingerprint density at radius 1 is 1.25 bits per heavy atom. The average Bonchev–Trinajstić information content (AvgIpc) is 2.13. The number of rotatable bonds is 6. The number of unbranched alkanes of at least 4 members (excludes halogenated alkanes) is 1. The molecule has 4 heteroatoms. The predicted octanol–water partition coefficient (Wildman–Crippen LogP) is 1.24. The molecule has 0 aliphatic carbocycles. The Labute approximate surface area is 98.0 Å². The van der Waals surface area contributed by atoms with Crippen LogP contribution in [0.4, 0.5) is 0 Å². The van der Waals surface area contributed by atoms with E-state index >= 15 is 0 Å². The smallest absolute Gasteiger partial charge is 0.217 e. The third-order valence-electron chi connectivity index (χ3n) is 2.38. The van der Waals surface area contributed by atoms with Crippen LogP contribution in [0.5, 0.6) is 0 Å². The van der Waals surface area contributed by atoms with Gasteiger partial charge in [-0.25, -0.2) is 0 Å². The normalized spacial score (nSPS) is 13.3. The molecule has 94 valence electrons. The van der Waals surface area contributed by atoms with Crippen LogP contribution in [0.2, 0.25) is 0 Å². The van der Waals surface area contributed by atoms with Crippen molar-refractivity contribution in [3.63, 3.8) is 0 Å². The Hall–Kier alpha value is -0.900. The van der Waals surface area contributed by atoms with E-state index in [4.69, 9.17) is 5.73 Å². The van der Waals surface area contributed by atoms with Crippen molar-refractivity contribution in [3.8, 4) is 0 Å². The number of nitrogens with one attached hydrogen (secondary N) is 1. The standard InChI is InChI=1S/C12H24N2O2/c1-9(15)14-10(7-5-6-8-13)11(16)12(2,3)4/h10H,5-8,13H2,1-4H3,(H,14,15)/t10-/m1/s1. The van der Waals surface area contributed by atoms with E-state index in [1.807, 2.05) is 20.8 Å². The number of hydrogen-bond acceptors (Lipinski definition) is 3. The number of carbonyl (C=O) groups excluding carboxylic acids is 2. The molecule has 1 atom stereocenters. The summed E-state index contributed by atoms with van der Waals surface area (Å²) in [5.74, 6) is -0.0740. The molecule has 0 saturated heterocycles. The van der Waals surface area contributed by atoms with Crippen LogP contribution in [0.3, 0.4) is 0 Å². The van der Waals surface area contributed by atoms with E-state index in [1.165, 1.54) is 6.92 Å². The summed E-state index contributed by atoms with van der Waals surface area (Å²) in [5.41, 5.74) is 4.98. The summed E-state index contributed by atoms with van der Waals surface area (Å²) in [6, 6.07) is -0.371. The van der Waals surface area contributed by atoms with Gasteiger partial charge in [-0.2, -0.15) is 0 Å². The minimum atomic E-state index is -0.421. The van der Waals surface area contributed by atoms with Crippen LogP contribution < -0.4 is 11.1 Å². The van der Waals surface area contributed by atoms with Gasteiger partial charge in [-0.3, -0.25) is 9.59 Å². The highest BCUT2D eigenvalue weighted by atomic mass is 16.2. The van der Waals surface area contributed by atoms with Gasteiger partial charge in [0.2, 0.25) is 5.91 Å². The molecule has 0 heterocycles. The number of carbonyl (C=O) groups is 2. The van der Waals surface area contributed by atoms with Crippen molar-refractivity contribution < 1.29 is 9.59 Å². The van der Waals surface area contributed by atoms with Gasteiger partial charge in [0.05, 0.1) is 6.04 Å². The average molecular weight is 228 g/mol. The fraction of sp³-hybridized carbons (Fsp3) is 0.833. The quantitative estimate of drug-likeness (QED) is 0.672. The van der Waals surface area contributed by atoms with Crippen molar-refractivity contribution in [1.82, 2.24) is 5.32 Å². The van der Waals surface area contributed by atoms with Crippen LogP contribution in [-0.2, 0) is 9.59 Å². The summed E-state index contributed by atoms with van der Waals surface area (Å²) in [4.78, 5) is 23.1. The Morgan fingerprint density at radius 3 is 2.19 bits per heavy atom. The number of nitrogens with two attached hydrogens (primary N) is 1. The molecule has 0 aliphatic rings. The lowest BCUT2D eigenvalue weighted by Crippen LogP contribution is -2.44. The van der Waals surface area contributed by atoms with Gasteiger partial charge in [-0.05, 0) is 25.8 Å². The van der Waals surface area contributed by atoms with E-state index < -0.39 is 5.41 Å². The highest BCUT2D eigenvalue weighted by molar-refractivity contribution is 5.91. The summed E-state index contributed by atoms with van der Waals surface area (Å²) in [7, 11) is 0. The van der Waals surface area contributed by atoms with E-state index in [9.17, 15) is 9.59 Å². The summed E-state index contributed by atoms with van der Waals surface area (Å²) >= 11 is 0. The number of hydrogen-bond donors (Lipinski definition) is 2. The molecule has 0 spiro atoms. The predicted molar refractivity (Wildman–Crippen MR) is 65.0 cm³/mol. The molecule has 0 aromatic heterocycles. The fourth-order valence-electron chi connectivity index (χ4n) is 1.53. The summed E-state index contributed by atoms with van der Waals surface area (Å²) < 4.78 is 0. The SMILES string of the molecule is CC(=O)N[C@H](CCCCN)C(=O)C(C)(C)C. The van der Waals surface area contributed by atoms with Crippen LogP contribution in [0, 0.1) is 5.41 Å². The van der Waals surface area contributed by atoms with Crippen LogP contribution in [0.25, 0.3) is 0 Å². The van der Waals surface area contributed by atoms with E-state index in [0.717, 1.165) is 12.8 Å². The minimum absolute atomic E-state index is 0.0831. The molecular formula is C12H24N2O2. The Bertz CT molecular complexity index is 244. The van der Waals surface area contributed by atoms with Crippen molar-refractivity contribution in [2.75, 3.05) is 6.54 Å². The van der Waals surface area contributed by atoms with Crippen molar-refractivity contribution in [2.24, 2.45) is 11.1 Å². The highest BCUT2D eigenvalue weighted by Crippen LogP contribution is 2.19. The molecular weight excluding hydrogens is 204 g/mol. The van der Waals surface area contributed by atoms with Gasteiger partial charge in [0.25, 0.3) is 0 Å². The molecule has 0 rings (SSSR count). The second-order valence-corrected chi connectivity index (χ2v) is 5.15. The first kappa shape index (κ1) is 15.1. The monoisotopic (exact) mass is 228 g/mol. The molecule has 0 saturated carbocycles. The summed E-state index contributed by atoms with van der Waals surface area (Å²) in [6.45, 7) is 7.66. The molecule has 0 fully saturated rings. The van der Waals surface area contributed by atoms with E-state index in [1.54, 1.807) is 0 Å². The van der Waals surface area contributed by atoms with Crippen molar-refractivity contribution in [2.45, 2.75) is 53.0 Å². The second kappa shape index (κ2) is 6.63. The molecule has 0 aromatic rings. The fourth-order valence-corrected chi connectivity index (χ4v) is 1.53. The summed E-state index contributed by atoms with van der Waals surface area (Å²) in [6.07, 6.45) is 2.42. The van der Waals surface area contributed by atoms with Gasteiger partial charge < -0.3 is 11.1 Å². The van der Waals surface area contributed by atoms with Gasteiger partial charge in [-0.1, -0.05) is 20.8 Å². The molecule has 0 radical (unpaired) electrons. The molecule has 0 aromatic carbocycles. The summed E-state index contributed by atoms with van der Waals surface area (Å²) in [5, 5.41) is 2.72. The Morgan fingerprint density at radius 2 is 1.81 bits per heavy atom. The van der Waals surface area contributed by atoms with Gasteiger partial charge in [0, 0.05) is 12.3 Å². The van der Waals surface area contributed by atoms with Crippen LogP contribution in [0.1, 0.15) is 47.0 Å². The molecule has 3 N–H and O–H groups in total. The first-order chi connectivity index (χ1) is 7.29. The van der Waals surface area contributed by atoms with E-state index in [2.05, 4.69) is 5.32 Å². The number of ketones is 1. The molecule has 1 amide bonds. The second-order valence-electron chi connectivity index (χ2n) is 5.15. The highest BCUT2D eigenvalue weighted by Gasteiger charge is 2.29. The molecule has 4 nitrogen and oxygen atoms in total. The van der Waals surface area contributed by atoms with Gasteiger partial charge in [-0.15, -0.1) is 0 Å². The van der Waals surface area contributed by atoms with E-state index in [-0.39, 0.29) is 17.7 Å². The zero-order valence-electron chi connectivity index (χ0n) is 10.8. The minimum Gasteiger partial charge on any atom is -0.347 e. The molecule has 0 unspecified atom stereocenters. The third-order valence-corrected chi connectivity index (χ3v) is 2.38. The van der Waals surface area contributed by atoms with Crippen molar-refractivity contribution in [3.05, 3.63) is 0 Å². The number of amides is 1. The lowest BCUT2D eigenvalue weighted by atomic mass is 9.84. The van der Waals surface area contributed by atoms with Crippen LogP contribution >= 0.6 is 0 Å². The van der Waals surface area contributed by atoms with Crippen LogP contribution in [-0.4, -0.2) is 24.3 Å². The third kappa shape index (κ3) is 5.85. The maximum atomic E-state index is 12.0. The van der Waals surface area contributed by atoms with Gasteiger partial charge in [0.1, 0.15) is 0 Å². The van der Waals surface area contributed by atoms with Crippen LogP contribution in [0.15, 0.2) is 0 Å². The maximum absolute atomic E-state index is 12.0. The topological polar surface area (TPSA) is 72.2 Å². The molecule has 0 bridgehead atoms. The maximum Gasteiger partial charge on any atom is 0.217 e.